The number of aliphatic hydroxyl groups is 1. The predicted octanol–water partition coefficient (Wildman–Crippen LogP) is 2.27. The maximum absolute atomic E-state index is 12.8. The number of aliphatic hydroxyl groups excluding tert-OH is 1. The molecule has 1 atom stereocenters. The van der Waals surface area contributed by atoms with Crippen LogP contribution in [0, 0.1) is 6.92 Å². The fraction of sp³-hybridized carbons (Fsp3) is 0.200. The van der Waals surface area contributed by atoms with E-state index in [9.17, 15) is 15.3 Å². The van der Waals surface area contributed by atoms with Gasteiger partial charge in [0.1, 0.15) is 17.3 Å². The molecule has 6 nitrogen and oxygen atoms in total. The zero-order chi connectivity index (χ0) is 18.3. The van der Waals surface area contributed by atoms with Crippen LogP contribution in [0.2, 0.25) is 0 Å². The molecule has 1 unspecified atom stereocenters. The Labute approximate surface area is 150 Å². The van der Waals surface area contributed by atoms with Gasteiger partial charge in [0.25, 0.3) is 0 Å². The third-order valence-electron chi connectivity index (χ3n) is 4.53. The van der Waals surface area contributed by atoms with E-state index < -0.39 is 6.04 Å². The number of hydrogen-bond acceptors (Lipinski definition) is 5. The van der Waals surface area contributed by atoms with Gasteiger partial charge in [-0.25, -0.2) is 0 Å². The van der Waals surface area contributed by atoms with E-state index in [0.717, 1.165) is 5.76 Å². The van der Waals surface area contributed by atoms with Gasteiger partial charge in [0.05, 0.1) is 24.6 Å². The highest BCUT2D eigenvalue weighted by Gasteiger charge is 2.37. The topological polar surface area (TPSA) is 92.7 Å². The molecule has 2 aliphatic heterocycles. The van der Waals surface area contributed by atoms with Gasteiger partial charge in [0.2, 0.25) is 5.76 Å². The van der Waals surface area contributed by atoms with Gasteiger partial charge in [-0.05, 0) is 55.1 Å². The second-order valence-electron chi connectivity index (χ2n) is 6.29. The molecule has 26 heavy (non-hydrogen) atoms. The fourth-order valence-electron chi connectivity index (χ4n) is 3.26. The molecule has 0 saturated carbocycles. The summed E-state index contributed by atoms with van der Waals surface area (Å²) in [4.78, 5) is 1.54. The number of rotatable bonds is 4. The van der Waals surface area contributed by atoms with Crippen molar-refractivity contribution in [3.63, 3.8) is 0 Å². The van der Waals surface area contributed by atoms with Crippen molar-refractivity contribution in [1.29, 1.82) is 0 Å². The van der Waals surface area contributed by atoms with Gasteiger partial charge in [-0.2, -0.15) is 0 Å². The molecule has 4 rings (SSSR count). The zero-order valence-corrected chi connectivity index (χ0v) is 14.1. The maximum Gasteiger partial charge on any atom is 0.207 e. The highest BCUT2D eigenvalue weighted by Crippen LogP contribution is 2.38. The molecule has 6 heteroatoms. The molecule has 1 N–H and O–H groups in total. The van der Waals surface area contributed by atoms with E-state index in [1.807, 2.05) is 19.1 Å². The molecule has 0 bridgehead atoms. The first-order chi connectivity index (χ1) is 12.6. The van der Waals surface area contributed by atoms with E-state index in [1.54, 1.807) is 24.3 Å². The van der Waals surface area contributed by atoms with Gasteiger partial charge in [-0.15, -0.1) is 0 Å². The number of furan rings is 2. The third-order valence-corrected chi connectivity index (χ3v) is 4.53. The first-order valence-corrected chi connectivity index (χ1v) is 8.28. The van der Waals surface area contributed by atoms with Gasteiger partial charge in [0, 0.05) is 12.0 Å². The van der Waals surface area contributed by atoms with Crippen molar-refractivity contribution in [3.05, 3.63) is 88.4 Å². The van der Waals surface area contributed by atoms with Crippen LogP contribution in [-0.2, 0) is 11.5 Å². The van der Waals surface area contributed by atoms with Crippen LogP contribution in [0.3, 0.4) is 0 Å². The summed E-state index contributed by atoms with van der Waals surface area (Å²) >= 11 is 0. The quantitative estimate of drug-likeness (QED) is 0.912. The Kier molecular flexibility index (Phi) is 3.97. The Balaban J connectivity index is 1.72. The minimum absolute atomic E-state index is 0.201. The van der Waals surface area contributed by atoms with E-state index in [0.29, 0.717) is 34.8 Å². The van der Waals surface area contributed by atoms with Crippen LogP contribution in [-0.4, -0.2) is 22.7 Å². The van der Waals surface area contributed by atoms with Crippen LogP contribution in [0.25, 0.3) is 6.08 Å². The average Bonchev–Trinajstić information content (AvgIpc) is 3.32. The standard InChI is InChI=1S/C20H18NO5/c1-12-4-5-15(26-12)7-13-8-17-20(24)16(9-14-3-2-6-25-14)18(11-22)21(17)10-19(13)23/h2-6,8-10,18,22-23H,7,11H2,1H3/p-1/b16-9-. The molecule has 0 spiro atoms. The van der Waals surface area contributed by atoms with Gasteiger partial charge in [-0.1, -0.05) is 5.76 Å². The highest BCUT2D eigenvalue weighted by atomic mass is 16.3. The van der Waals surface area contributed by atoms with Crippen molar-refractivity contribution in [2.45, 2.75) is 19.4 Å². The molecule has 2 aromatic heterocycles. The molecular weight excluding hydrogens is 334 g/mol. The molecule has 0 fully saturated rings. The monoisotopic (exact) mass is 351 g/mol. The molecule has 0 aromatic carbocycles. The number of allylic oxidation sites excluding steroid dienone is 2. The van der Waals surface area contributed by atoms with Crippen LogP contribution in [0.1, 0.15) is 17.3 Å². The van der Waals surface area contributed by atoms with Gasteiger partial charge < -0.3 is 23.9 Å². The third kappa shape index (κ3) is 2.74. The van der Waals surface area contributed by atoms with Crippen molar-refractivity contribution in [3.8, 4) is 0 Å². The first-order valence-electron chi connectivity index (χ1n) is 8.28. The van der Waals surface area contributed by atoms with Crippen LogP contribution >= 0.6 is 0 Å². The predicted molar refractivity (Wildman–Crippen MR) is 90.4 cm³/mol. The largest absolute Gasteiger partial charge is 0.871 e. The molecule has 1 radical (unpaired) electrons. The second kappa shape index (κ2) is 6.31. The highest BCUT2D eigenvalue weighted by molar-refractivity contribution is 5.62. The number of aryl methyl sites for hydroxylation is 1. The molecule has 0 saturated heterocycles. The average molecular weight is 351 g/mol. The summed E-state index contributed by atoms with van der Waals surface area (Å²) in [6.07, 6.45) is 6.40. The minimum atomic E-state index is -0.602. The van der Waals surface area contributed by atoms with E-state index in [-0.39, 0.29) is 18.1 Å². The SMILES string of the molecule is Cc1ccc(CC2=CC3=C([O])/C(=C\c4ccco4)C(CO)N3C=C2[O-])o1. The summed E-state index contributed by atoms with van der Waals surface area (Å²) in [7, 11) is 0. The van der Waals surface area contributed by atoms with E-state index in [1.165, 1.54) is 17.4 Å². The maximum atomic E-state index is 12.8. The normalized spacial score (nSPS) is 21.2. The van der Waals surface area contributed by atoms with Gasteiger partial charge in [0.15, 0.2) is 0 Å². The molecule has 133 valence electrons. The summed E-state index contributed by atoms with van der Waals surface area (Å²) < 4.78 is 10.8. The van der Waals surface area contributed by atoms with Gasteiger partial charge >= 0.3 is 0 Å². The lowest BCUT2D eigenvalue weighted by molar-refractivity contribution is -0.299. The Morgan fingerprint density at radius 3 is 2.85 bits per heavy atom. The van der Waals surface area contributed by atoms with Crippen molar-refractivity contribution in [2.24, 2.45) is 0 Å². The van der Waals surface area contributed by atoms with Crippen LogP contribution < -0.4 is 5.11 Å². The number of nitrogens with zero attached hydrogens (tertiary/aromatic N) is 1. The lowest BCUT2D eigenvalue weighted by Gasteiger charge is -2.31. The molecule has 0 aliphatic carbocycles. The fourth-order valence-corrected chi connectivity index (χ4v) is 3.26. The van der Waals surface area contributed by atoms with Crippen molar-refractivity contribution in [2.75, 3.05) is 6.61 Å². The lowest BCUT2D eigenvalue weighted by Crippen LogP contribution is -2.33. The Hall–Kier alpha value is -3.12. The van der Waals surface area contributed by atoms with Gasteiger partial charge in [-0.3, -0.25) is 5.11 Å². The minimum Gasteiger partial charge on any atom is -0.871 e. The first kappa shape index (κ1) is 16.4. The number of hydrogen-bond donors (Lipinski definition) is 1. The van der Waals surface area contributed by atoms with Crippen LogP contribution in [0.4, 0.5) is 0 Å². The van der Waals surface area contributed by atoms with Crippen molar-refractivity contribution >= 4 is 6.08 Å². The number of fused-ring (bicyclic) bond motifs is 1. The molecule has 4 heterocycles. The van der Waals surface area contributed by atoms with E-state index in [2.05, 4.69) is 0 Å². The second-order valence-corrected chi connectivity index (χ2v) is 6.29. The van der Waals surface area contributed by atoms with Crippen molar-refractivity contribution in [1.82, 2.24) is 4.90 Å². The summed E-state index contributed by atoms with van der Waals surface area (Å²) in [6.45, 7) is 1.55. The summed E-state index contributed by atoms with van der Waals surface area (Å²) in [5.41, 5.74) is 1.25. The molecule has 0 amide bonds. The molecule has 2 aromatic rings. The molecular formula is C20H17NO5-. The summed E-state index contributed by atoms with van der Waals surface area (Å²) in [6, 6.07) is 6.50. The Bertz CT molecular complexity index is 943. The lowest BCUT2D eigenvalue weighted by atomic mass is 10.0. The summed E-state index contributed by atoms with van der Waals surface area (Å²) in [5, 5.41) is 35.1. The van der Waals surface area contributed by atoms with E-state index >= 15 is 0 Å². The zero-order valence-electron chi connectivity index (χ0n) is 14.1. The van der Waals surface area contributed by atoms with E-state index in [4.69, 9.17) is 8.83 Å². The van der Waals surface area contributed by atoms with Crippen LogP contribution in [0.15, 0.2) is 80.0 Å². The molecule has 2 aliphatic rings. The summed E-state index contributed by atoms with van der Waals surface area (Å²) in [5.74, 6) is 1.53. The Morgan fingerprint density at radius 1 is 1.35 bits per heavy atom. The van der Waals surface area contributed by atoms with Crippen molar-refractivity contribution < 1.29 is 24.2 Å². The van der Waals surface area contributed by atoms with Crippen LogP contribution in [0.5, 0.6) is 0 Å². The smallest absolute Gasteiger partial charge is 0.207 e. The Morgan fingerprint density at radius 2 is 2.19 bits per heavy atom.